The fraction of sp³-hybridized carbons (Fsp3) is 0.667. The van der Waals surface area contributed by atoms with Gasteiger partial charge >= 0.3 is 6.03 Å². The molecule has 2 fully saturated rings. The zero-order chi connectivity index (χ0) is 11.8. The highest BCUT2D eigenvalue weighted by Crippen LogP contribution is 2.41. The third kappa shape index (κ3) is 1.31. The molecule has 0 aromatic carbocycles. The lowest BCUT2D eigenvalue weighted by Crippen LogP contribution is -2.55. The summed E-state index contributed by atoms with van der Waals surface area (Å²) in [5.41, 5.74) is -0.457. The first-order chi connectivity index (χ1) is 7.63. The highest BCUT2D eigenvalue weighted by molar-refractivity contribution is 6.08. The summed E-state index contributed by atoms with van der Waals surface area (Å²) in [6, 6.07) is -0.211. The molecule has 2 atom stereocenters. The van der Waals surface area contributed by atoms with Crippen LogP contribution in [0.5, 0.6) is 0 Å². The van der Waals surface area contributed by atoms with Crippen molar-refractivity contribution in [3.8, 4) is 12.3 Å². The summed E-state index contributed by atoms with van der Waals surface area (Å²) in [4.78, 5) is 13.4. The molecule has 2 amide bonds. The van der Waals surface area contributed by atoms with Crippen LogP contribution in [-0.4, -0.2) is 28.9 Å². The Bertz CT molecular complexity index is 371. The standard InChI is InChI=1S/C12H17N3O/c1-3-8-15-11(16)14-10(13)12(15)7-5-4-6-9(12)2/h1,9H,4-8H2,2H3,(H2,13,14,16). The van der Waals surface area contributed by atoms with Gasteiger partial charge in [-0.2, -0.15) is 0 Å². The third-order valence-electron chi connectivity index (χ3n) is 3.90. The molecule has 4 nitrogen and oxygen atoms in total. The zero-order valence-electron chi connectivity index (χ0n) is 9.55. The van der Waals surface area contributed by atoms with Gasteiger partial charge in [0.2, 0.25) is 0 Å². The van der Waals surface area contributed by atoms with Crippen LogP contribution < -0.4 is 5.32 Å². The number of carbonyl (C=O) groups is 1. The first-order valence-electron chi connectivity index (χ1n) is 5.74. The molecule has 16 heavy (non-hydrogen) atoms. The topological polar surface area (TPSA) is 56.2 Å². The average molecular weight is 219 g/mol. The van der Waals surface area contributed by atoms with E-state index < -0.39 is 5.54 Å². The van der Waals surface area contributed by atoms with Crippen LogP contribution in [0.15, 0.2) is 0 Å². The average Bonchev–Trinajstić information content (AvgIpc) is 2.48. The molecular weight excluding hydrogens is 202 g/mol. The van der Waals surface area contributed by atoms with Gasteiger partial charge < -0.3 is 4.90 Å². The molecule has 2 unspecified atom stereocenters. The van der Waals surface area contributed by atoms with Crippen LogP contribution in [0.3, 0.4) is 0 Å². The summed E-state index contributed by atoms with van der Waals surface area (Å²) < 4.78 is 0. The molecule has 0 bridgehead atoms. The van der Waals surface area contributed by atoms with Gasteiger partial charge in [0, 0.05) is 0 Å². The maximum atomic E-state index is 11.8. The molecule has 1 aliphatic carbocycles. The van der Waals surface area contributed by atoms with Crippen molar-refractivity contribution >= 4 is 11.9 Å². The van der Waals surface area contributed by atoms with Gasteiger partial charge in [0.1, 0.15) is 11.4 Å². The highest BCUT2D eigenvalue weighted by atomic mass is 16.2. The highest BCUT2D eigenvalue weighted by Gasteiger charge is 2.53. The Balaban J connectivity index is 2.38. The van der Waals surface area contributed by atoms with Crippen LogP contribution in [0.1, 0.15) is 32.6 Å². The van der Waals surface area contributed by atoms with Crippen LogP contribution in [0.2, 0.25) is 0 Å². The summed E-state index contributed by atoms with van der Waals surface area (Å²) in [5.74, 6) is 3.16. The SMILES string of the molecule is C#CCN1C(=O)NC(=N)C12CCCCC2C. The number of rotatable bonds is 1. The fourth-order valence-electron chi connectivity index (χ4n) is 3.01. The number of amidine groups is 1. The minimum absolute atomic E-state index is 0.211. The Morgan fingerprint density at radius 3 is 3.06 bits per heavy atom. The maximum absolute atomic E-state index is 11.8. The van der Waals surface area contributed by atoms with E-state index in [9.17, 15) is 4.79 Å². The van der Waals surface area contributed by atoms with Crippen molar-refractivity contribution < 1.29 is 4.79 Å². The van der Waals surface area contributed by atoms with Crippen LogP contribution in [-0.2, 0) is 0 Å². The summed E-state index contributed by atoms with van der Waals surface area (Å²) in [6.45, 7) is 2.40. The lowest BCUT2D eigenvalue weighted by Gasteiger charge is -2.43. The van der Waals surface area contributed by atoms with E-state index in [0.29, 0.717) is 18.3 Å². The number of hydrogen-bond donors (Lipinski definition) is 2. The van der Waals surface area contributed by atoms with Gasteiger partial charge in [-0.25, -0.2) is 4.79 Å². The number of carbonyl (C=O) groups excluding carboxylic acids is 1. The second-order valence-electron chi connectivity index (χ2n) is 4.67. The van der Waals surface area contributed by atoms with Crippen LogP contribution in [0, 0.1) is 23.7 Å². The quantitative estimate of drug-likeness (QED) is 0.646. The van der Waals surface area contributed by atoms with Gasteiger partial charge in [0.15, 0.2) is 0 Å². The van der Waals surface area contributed by atoms with E-state index in [-0.39, 0.29) is 6.03 Å². The molecule has 2 rings (SSSR count). The second kappa shape index (κ2) is 3.82. The van der Waals surface area contributed by atoms with Gasteiger partial charge in [-0.15, -0.1) is 6.42 Å². The first-order valence-corrected chi connectivity index (χ1v) is 5.74. The van der Waals surface area contributed by atoms with Gasteiger partial charge in [-0.3, -0.25) is 10.7 Å². The summed E-state index contributed by atoms with van der Waals surface area (Å²) in [7, 11) is 0. The lowest BCUT2D eigenvalue weighted by molar-refractivity contribution is 0.116. The number of terminal acetylenes is 1. The smallest absolute Gasteiger partial charge is 0.300 e. The summed E-state index contributed by atoms with van der Waals surface area (Å²) in [6.07, 6.45) is 9.45. The predicted octanol–water partition coefficient (Wildman–Crippen LogP) is 1.57. The molecule has 1 spiro atoms. The molecule has 4 heteroatoms. The lowest BCUT2D eigenvalue weighted by atomic mass is 9.72. The van der Waals surface area contributed by atoms with Crippen molar-refractivity contribution in [3.63, 3.8) is 0 Å². The largest absolute Gasteiger partial charge is 0.324 e. The molecule has 86 valence electrons. The molecule has 1 saturated carbocycles. The van der Waals surface area contributed by atoms with Gasteiger partial charge in [0.05, 0.1) is 6.54 Å². The van der Waals surface area contributed by atoms with Gasteiger partial charge in [-0.1, -0.05) is 25.7 Å². The monoisotopic (exact) mass is 219 g/mol. The minimum atomic E-state index is -0.457. The fourth-order valence-corrected chi connectivity index (χ4v) is 3.01. The zero-order valence-corrected chi connectivity index (χ0v) is 9.55. The number of nitrogens with zero attached hydrogens (tertiary/aromatic N) is 1. The molecule has 0 aromatic heterocycles. The Morgan fingerprint density at radius 1 is 1.69 bits per heavy atom. The Labute approximate surface area is 95.9 Å². The summed E-state index contributed by atoms with van der Waals surface area (Å²) >= 11 is 0. The number of hydrogen-bond acceptors (Lipinski definition) is 2. The molecule has 1 aliphatic heterocycles. The Hall–Kier alpha value is -1.50. The molecule has 2 N–H and O–H groups in total. The molecule has 2 aliphatic rings. The van der Waals surface area contributed by atoms with Gasteiger partial charge in [0.25, 0.3) is 0 Å². The van der Waals surface area contributed by atoms with E-state index in [2.05, 4.69) is 18.2 Å². The van der Waals surface area contributed by atoms with E-state index in [1.165, 1.54) is 6.42 Å². The van der Waals surface area contributed by atoms with Crippen LogP contribution in [0.25, 0.3) is 0 Å². The van der Waals surface area contributed by atoms with Crippen molar-refractivity contribution in [2.75, 3.05) is 6.54 Å². The number of amides is 2. The van der Waals surface area contributed by atoms with E-state index in [0.717, 1.165) is 19.3 Å². The van der Waals surface area contributed by atoms with Crippen molar-refractivity contribution in [1.29, 1.82) is 5.41 Å². The molecule has 1 saturated heterocycles. The number of nitrogens with one attached hydrogen (secondary N) is 2. The molecule has 0 aromatic rings. The molecule has 0 radical (unpaired) electrons. The first kappa shape index (κ1) is 11.0. The van der Waals surface area contributed by atoms with E-state index in [1.807, 2.05) is 0 Å². The van der Waals surface area contributed by atoms with Crippen LogP contribution in [0.4, 0.5) is 4.79 Å². The van der Waals surface area contributed by atoms with E-state index >= 15 is 0 Å². The normalized spacial score (nSPS) is 34.0. The predicted molar refractivity (Wildman–Crippen MR) is 62.2 cm³/mol. The maximum Gasteiger partial charge on any atom is 0.324 e. The number of urea groups is 1. The summed E-state index contributed by atoms with van der Waals surface area (Å²) in [5, 5.41) is 10.6. The van der Waals surface area contributed by atoms with Crippen molar-refractivity contribution in [3.05, 3.63) is 0 Å². The van der Waals surface area contributed by atoms with E-state index in [4.69, 9.17) is 11.8 Å². The molecular formula is C12H17N3O. The van der Waals surface area contributed by atoms with Crippen molar-refractivity contribution in [1.82, 2.24) is 10.2 Å². The van der Waals surface area contributed by atoms with Crippen molar-refractivity contribution in [2.45, 2.75) is 38.1 Å². The Morgan fingerprint density at radius 2 is 2.44 bits per heavy atom. The van der Waals surface area contributed by atoms with Crippen LogP contribution >= 0.6 is 0 Å². The Kier molecular flexibility index (Phi) is 2.63. The van der Waals surface area contributed by atoms with Crippen molar-refractivity contribution in [2.24, 2.45) is 5.92 Å². The van der Waals surface area contributed by atoms with Gasteiger partial charge in [-0.05, 0) is 18.8 Å². The minimum Gasteiger partial charge on any atom is -0.300 e. The van der Waals surface area contributed by atoms with E-state index in [1.54, 1.807) is 4.90 Å². The second-order valence-corrected chi connectivity index (χ2v) is 4.67. The molecule has 1 heterocycles. The third-order valence-corrected chi connectivity index (χ3v) is 3.90.